The minimum absolute atomic E-state index is 0.0453. The van der Waals surface area contributed by atoms with E-state index < -0.39 is 5.95 Å². The van der Waals surface area contributed by atoms with Crippen LogP contribution in [0.4, 0.5) is 15.9 Å². The van der Waals surface area contributed by atoms with E-state index in [2.05, 4.69) is 20.7 Å². The molecule has 10 heteroatoms. The van der Waals surface area contributed by atoms with Gasteiger partial charge in [0.1, 0.15) is 24.7 Å². The molecule has 3 rings (SSSR count). The molecule has 0 radical (unpaired) electrons. The van der Waals surface area contributed by atoms with Crippen molar-refractivity contribution < 1.29 is 18.7 Å². The van der Waals surface area contributed by atoms with Crippen LogP contribution in [0.15, 0.2) is 54.9 Å². The molecule has 0 aliphatic carbocycles. The number of pyridine rings is 1. The second-order valence-corrected chi connectivity index (χ2v) is 7.47. The van der Waals surface area contributed by atoms with E-state index in [1.807, 2.05) is 31.2 Å². The molecule has 0 unspecified atom stereocenters. The van der Waals surface area contributed by atoms with Crippen molar-refractivity contribution in [1.29, 1.82) is 0 Å². The van der Waals surface area contributed by atoms with Crippen molar-refractivity contribution in [3.05, 3.63) is 66.4 Å². The molecule has 0 atom stereocenters. The first-order chi connectivity index (χ1) is 15.9. The van der Waals surface area contributed by atoms with Crippen molar-refractivity contribution in [3.8, 4) is 5.75 Å². The number of hydrogen-bond acceptors (Lipinski definition) is 6. The van der Waals surface area contributed by atoms with Crippen molar-refractivity contribution >= 4 is 23.3 Å². The van der Waals surface area contributed by atoms with Gasteiger partial charge in [0, 0.05) is 26.2 Å². The molecule has 2 N–H and O–H groups in total. The van der Waals surface area contributed by atoms with Gasteiger partial charge in [-0.05, 0) is 31.2 Å². The van der Waals surface area contributed by atoms with Crippen LogP contribution in [0.1, 0.15) is 12.0 Å². The first-order valence-electron chi connectivity index (χ1n) is 10.5. The normalized spacial score (nSPS) is 10.5. The maximum Gasteiger partial charge on any atom is 0.244 e. The van der Waals surface area contributed by atoms with E-state index in [0.717, 1.165) is 11.3 Å². The van der Waals surface area contributed by atoms with E-state index in [1.54, 1.807) is 24.2 Å². The molecule has 0 saturated heterocycles. The van der Waals surface area contributed by atoms with Crippen molar-refractivity contribution in [2.75, 3.05) is 37.4 Å². The smallest absolute Gasteiger partial charge is 0.244 e. The lowest BCUT2D eigenvalue weighted by Crippen LogP contribution is -2.33. The zero-order chi connectivity index (χ0) is 23.6. The summed E-state index contributed by atoms with van der Waals surface area (Å²) >= 11 is 0. The van der Waals surface area contributed by atoms with E-state index in [0.29, 0.717) is 31.2 Å². The number of amides is 2. The van der Waals surface area contributed by atoms with Gasteiger partial charge in [0.25, 0.3) is 0 Å². The molecule has 1 aromatic carbocycles. The minimum atomic E-state index is -0.587. The van der Waals surface area contributed by atoms with E-state index in [9.17, 15) is 14.0 Å². The first kappa shape index (κ1) is 23.7. The minimum Gasteiger partial charge on any atom is -0.492 e. The van der Waals surface area contributed by atoms with Crippen molar-refractivity contribution in [2.24, 2.45) is 0 Å². The molecular formula is C23H27FN6O3. The molecule has 2 heterocycles. The summed E-state index contributed by atoms with van der Waals surface area (Å²) in [6.45, 7) is 3.16. The monoisotopic (exact) mass is 454 g/mol. The maximum atomic E-state index is 13.1. The summed E-state index contributed by atoms with van der Waals surface area (Å²) in [4.78, 5) is 29.7. The molecule has 0 saturated carbocycles. The zero-order valence-corrected chi connectivity index (χ0v) is 18.6. The third-order valence-electron chi connectivity index (χ3n) is 4.73. The van der Waals surface area contributed by atoms with Crippen molar-refractivity contribution in [2.45, 2.75) is 19.9 Å². The second-order valence-electron chi connectivity index (χ2n) is 7.47. The molecule has 3 aromatic rings. The molecule has 0 fully saturated rings. The third kappa shape index (κ3) is 7.91. The lowest BCUT2D eigenvalue weighted by molar-refractivity contribution is -0.131. The Labute approximate surface area is 191 Å². The summed E-state index contributed by atoms with van der Waals surface area (Å²) < 4.78 is 20.2. The number of nitrogens with zero attached hydrogens (tertiary/aromatic N) is 4. The van der Waals surface area contributed by atoms with Crippen LogP contribution in [0.25, 0.3) is 0 Å². The van der Waals surface area contributed by atoms with Gasteiger partial charge in [-0.1, -0.05) is 23.8 Å². The fourth-order valence-electron chi connectivity index (χ4n) is 2.87. The average molecular weight is 455 g/mol. The summed E-state index contributed by atoms with van der Waals surface area (Å²) in [6.07, 6.45) is 3.23. The van der Waals surface area contributed by atoms with Crippen LogP contribution < -0.4 is 15.4 Å². The lowest BCUT2D eigenvalue weighted by Gasteiger charge is -2.17. The number of aromatic nitrogens is 3. The number of ether oxygens (including phenoxy) is 1. The van der Waals surface area contributed by atoms with E-state index in [1.165, 1.54) is 23.0 Å². The summed E-state index contributed by atoms with van der Waals surface area (Å²) in [6, 6.07) is 12.1. The van der Waals surface area contributed by atoms with Gasteiger partial charge in [-0.2, -0.15) is 9.49 Å². The van der Waals surface area contributed by atoms with Gasteiger partial charge < -0.3 is 20.3 Å². The quantitative estimate of drug-likeness (QED) is 0.432. The number of nitrogens with one attached hydrogen (secondary N) is 2. The van der Waals surface area contributed by atoms with Gasteiger partial charge in [-0.25, -0.2) is 4.98 Å². The highest BCUT2D eigenvalue weighted by Gasteiger charge is 2.12. The Bertz CT molecular complexity index is 1070. The van der Waals surface area contributed by atoms with Crippen molar-refractivity contribution in [1.82, 2.24) is 19.7 Å². The van der Waals surface area contributed by atoms with Crippen molar-refractivity contribution in [3.63, 3.8) is 0 Å². The van der Waals surface area contributed by atoms with Gasteiger partial charge in [0.2, 0.25) is 17.8 Å². The Hall–Kier alpha value is -3.95. The van der Waals surface area contributed by atoms with E-state index in [-0.39, 0.29) is 24.8 Å². The van der Waals surface area contributed by atoms with Gasteiger partial charge in [-0.15, -0.1) is 0 Å². The summed E-state index contributed by atoms with van der Waals surface area (Å²) in [7, 11) is 1.70. The van der Waals surface area contributed by atoms with Crippen LogP contribution >= 0.6 is 0 Å². The van der Waals surface area contributed by atoms with Crippen LogP contribution in [0.2, 0.25) is 0 Å². The number of likely N-dealkylation sites (N-methyl/N-ethyl adjacent to an activating group) is 1. The number of anilines is 2. The number of carbonyl (C=O) groups excluding carboxylic acids is 2. The molecular weight excluding hydrogens is 427 g/mol. The van der Waals surface area contributed by atoms with E-state index >= 15 is 0 Å². The molecule has 9 nitrogen and oxygen atoms in total. The molecule has 2 aromatic heterocycles. The number of rotatable bonds is 11. The number of carbonyl (C=O) groups is 2. The number of hydrogen-bond donors (Lipinski definition) is 2. The van der Waals surface area contributed by atoms with Gasteiger partial charge >= 0.3 is 0 Å². The van der Waals surface area contributed by atoms with Crippen LogP contribution in [0.3, 0.4) is 0 Å². The molecule has 33 heavy (non-hydrogen) atoms. The highest BCUT2D eigenvalue weighted by Crippen LogP contribution is 2.11. The van der Waals surface area contributed by atoms with Gasteiger partial charge in [0.05, 0.1) is 18.4 Å². The largest absolute Gasteiger partial charge is 0.492 e. The average Bonchev–Trinajstić information content (AvgIpc) is 3.21. The third-order valence-corrected chi connectivity index (χ3v) is 4.73. The molecule has 0 spiro atoms. The molecule has 174 valence electrons. The van der Waals surface area contributed by atoms with E-state index in [4.69, 9.17) is 4.74 Å². The fraction of sp³-hybridized carbons (Fsp3) is 0.304. The highest BCUT2D eigenvalue weighted by molar-refractivity contribution is 5.90. The summed E-state index contributed by atoms with van der Waals surface area (Å²) in [5, 5.41) is 9.72. The number of halogens is 1. The molecule has 0 aliphatic heterocycles. The maximum absolute atomic E-state index is 13.1. The topological polar surface area (TPSA) is 101 Å². The zero-order valence-electron chi connectivity index (χ0n) is 18.6. The SMILES string of the molecule is Cc1ccc(OCCN(C)C(=O)Cn2cc(NC(=O)CCNc3cccc(F)n3)cn2)cc1. The van der Waals surface area contributed by atoms with Crippen LogP contribution in [-0.2, 0) is 16.1 Å². The van der Waals surface area contributed by atoms with Gasteiger partial charge in [0.15, 0.2) is 0 Å². The predicted octanol–water partition coefficient (Wildman–Crippen LogP) is 2.70. The summed E-state index contributed by atoms with van der Waals surface area (Å²) in [5.74, 6) is 0.167. The van der Waals surface area contributed by atoms with Crippen LogP contribution in [0.5, 0.6) is 5.75 Å². The molecule has 0 aliphatic rings. The highest BCUT2D eigenvalue weighted by atomic mass is 19.1. The fourth-order valence-corrected chi connectivity index (χ4v) is 2.87. The van der Waals surface area contributed by atoms with Crippen LogP contribution in [0, 0.1) is 12.9 Å². The first-order valence-corrected chi connectivity index (χ1v) is 10.5. The molecule has 0 bridgehead atoms. The Balaban J connectivity index is 1.36. The number of aryl methyl sites for hydroxylation is 1. The standard InChI is InChI=1S/C23H27FN6O3/c1-17-6-8-19(9-7-17)33-13-12-29(2)23(32)16-30-15-18(14-26-30)27-22(31)10-11-25-21-5-3-4-20(24)28-21/h3-9,14-15H,10-13,16H2,1-2H3,(H,25,28)(H,27,31). The Morgan fingerprint density at radius 1 is 1.18 bits per heavy atom. The Morgan fingerprint density at radius 2 is 1.97 bits per heavy atom. The Morgan fingerprint density at radius 3 is 2.73 bits per heavy atom. The molecule has 2 amide bonds. The predicted molar refractivity (Wildman–Crippen MR) is 122 cm³/mol. The number of benzene rings is 1. The summed E-state index contributed by atoms with van der Waals surface area (Å²) in [5.41, 5.74) is 1.64. The van der Waals surface area contributed by atoms with Gasteiger partial charge in [-0.3, -0.25) is 14.3 Å². The van der Waals surface area contributed by atoms with Crippen LogP contribution in [-0.4, -0.2) is 58.2 Å². The lowest BCUT2D eigenvalue weighted by atomic mass is 10.2. The Kier molecular flexibility index (Phi) is 8.34. The second kappa shape index (κ2) is 11.6.